The Morgan fingerprint density at radius 1 is 1.39 bits per heavy atom. The summed E-state index contributed by atoms with van der Waals surface area (Å²) in [6, 6.07) is 5.10. The van der Waals surface area contributed by atoms with Crippen molar-refractivity contribution in [1.82, 2.24) is 10.3 Å². The zero-order valence-corrected chi connectivity index (χ0v) is 13.9. The Labute approximate surface area is 138 Å². The number of halogens is 1. The van der Waals surface area contributed by atoms with Gasteiger partial charge in [-0.25, -0.2) is 14.2 Å². The van der Waals surface area contributed by atoms with Gasteiger partial charge in [-0.05, 0) is 37.5 Å². The maximum atomic E-state index is 13.1. The molecule has 0 spiro atoms. The fourth-order valence-corrected chi connectivity index (χ4v) is 3.51. The third kappa shape index (κ3) is 3.76. The van der Waals surface area contributed by atoms with Gasteiger partial charge in [-0.2, -0.15) is 0 Å². The van der Waals surface area contributed by atoms with Crippen LogP contribution in [-0.2, 0) is 9.53 Å². The number of aromatic nitrogens is 1. The predicted molar refractivity (Wildman–Crippen MR) is 86.8 cm³/mol. The van der Waals surface area contributed by atoms with Crippen molar-refractivity contribution in [3.8, 4) is 0 Å². The van der Waals surface area contributed by atoms with Crippen LogP contribution in [0.25, 0.3) is 0 Å². The van der Waals surface area contributed by atoms with Crippen molar-refractivity contribution in [3.63, 3.8) is 0 Å². The summed E-state index contributed by atoms with van der Waals surface area (Å²) in [5.41, 5.74) is 1.59. The Bertz CT molecular complexity index is 682. The number of ether oxygens (including phenoxy) is 1. The summed E-state index contributed by atoms with van der Waals surface area (Å²) >= 11 is 1.67. The molecule has 6 heteroatoms. The van der Waals surface area contributed by atoms with E-state index in [2.05, 4.69) is 10.3 Å². The Morgan fingerprint density at radius 3 is 2.70 bits per heavy atom. The smallest absolute Gasteiger partial charge is 0.327 e. The normalized spacial score (nSPS) is 16.8. The van der Waals surface area contributed by atoms with E-state index in [1.54, 1.807) is 23.5 Å². The molecule has 23 heavy (non-hydrogen) atoms. The number of rotatable bonds is 6. The summed E-state index contributed by atoms with van der Waals surface area (Å²) in [5.74, 6) is -0.116. The predicted octanol–water partition coefficient (Wildman–Crippen LogP) is 3.72. The highest BCUT2D eigenvalue weighted by molar-refractivity contribution is 7.09. The maximum Gasteiger partial charge on any atom is 0.327 e. The molecule has 0 radical (unpaired) electrons. The average Bonchev–Trinajstić information content (AvgIpc) is 3.29. The number of thiazole rings is 1. The molecular formula is C17H19FN2O2S. The summed E-state index contributed by atoms with van der Waals surface area (Å²) in [6.07, 6.45) is 2.43. The monoisotopic (exact) mass is 334 g/mol. The van der Waals surface area contributed by atoms with E-state index < -0.39 is 12.0 Å². The fourth-order valence-electron chi connectivity index (χ4n) is 2.43. The second kappa shape index (κ2) is 6.76. The van der Waals surface area contributed by atoms with Crippen molar-refractivity contribution in [2.45, 2.75) is 37.8 Å². The van der Waals surface area contributed by atoms with Gasteiger partial charge in [0.05, 0.1) is 17.8 Å². The zero-order chi connectivity index (χ0) is 16.4. The van der Waals surface area contributed by atoms with E-state index >= 15 is 0 Å². The largest absolute Gasteiger partial charge is 0.468 e. The third-order valence-corrected chi connectivity index (χ3v) is 4.99. The van der Waals surface area contributed by atoms with Crippen molar-refractivity contribution in [2.24, 2.45) is 0 Å². The lowest BCUT2D eigenvalue weighted by molar-refractivity contribution is -0.143. The first-order chi connectivity index (χ1) is 11.1. The fraction of sp³-hybridized carbons (Fsp3) is 0.412. The van der Waals surface area contributed by atoms with E-state index in [0.717, 1.165) is 5.69 Å². The Kier molecular flexibility index (Phi) is 4.73. The quantitative estimate of drug-likeness (QED) is 0.818. The van der Waals surface area contributed by atoms with Gasteiger partial charge in [-0.15, -0.1) is 11.3 Å². The molecule has 122 valence electrons. The molecule has 1 saturated carbocycles. The summed E-state index contributed by atoms with van der Waals surface area (Å²) in [6.45, 7) is 1.96. The van der Waals surface area contributed by atoms with Crippen LogP contribution in [0.4, 0.5) is 4.39 Å². The van der Waals surface area contributed by atoms with E-state index in [-0.39, 0.29) is 11.9 Å². The Balaban J connectivity index is 1.76. The molecule has 0 bridgehead atoms. The van der Waals surface area contributed by atoms with Gasteiger partial charge in [0.15, 0.2) is 0 Å². The molecule has 0 saturated heterocycles. The molecule has 1 fully saturated rings. The van der Waals surface area contributed by atoms with Crippen LogP contribution < -0.4 is 5.32 Å². The van der Waals surface area contributed by atoms with E-state index in [4.69, 9.17) is 4.74 Å². The number of benzene rings is 1. The molecule has 1 aromatic heterocycles. The summed E-state index contributed by atoms with van der Waals surface area (Å²) in [5, 5.41) is 6.44. The highest BCUT2D eigenvalue weighted by Crippen LogP contribution is 2.41. The highest BCUT2D eigenvalue weighted by atomic mass is 32.1. The minimum Gasteiger partial charge on any atom is -0.468 e. The lowest BCUT2D eigenvalue weighted by Crippen LogP contribution is -2.32. The average molecular weight is 334 g/mol. The molecule has 1 aliphatic carbocycles. The topological polar surface area (TPSA) is 51.2 Å². The van der Waals surface area contributed by atoms with Crippen LogP contribution in [0.2, 0.25) is 0 Å². The maximum absolute atomic E-state index is 13.1. The molecule has 0 amide bonds. The van der Waals surface area contributed by atoms with Crippen LogP contribution >= 0.6 is 11.3 Å². The number of carbonyl (C=O) groups excluding carboxylic acids is 1. The Hall–Kier alpha value is -1.79. The molecule has 0 aliphatic heterocycles. The van der Waals surface area contributed by atoms with Crippen LogP contribution in [0, 0.1) is 5.82 Å². The minimum atomic E-state index is -0.651. The van der Waals surface area contributed by atoms with Gasteiger partial charge < -0.3 is 4.74 Å². The molecule has 1 aromatic carbocycles. The standard InChI is InChI=1S/C17H19FN2O2S/c1-10(14-9-23-16(20-14)12-3-4-12)19-15(17(21)22-2)11-5-7-13(18)8-6-11/h5-10,12,15,19H,3-4H2,1-2H3. The minimum absolute atomic E-state index is 0.104. The molecule has 1 N–H and O–H groups in total. The molecule has 4 nitrogen and oxygen atoms in total. The number of hydrogen-bond acceptors (Lipinski definition) is 5. The first-order valence-electron chi connectivity index (χ1n) is 7.63. The van der Waals surface area contributed by atoms with Gasteiger partial charge in [0.2, 0.25) is 0 Å². The van der Waals surface area contributed by atoms with E-state index in [1.165, 1.54) is 37.1 Å². The molecule has 2 atom stereocenters. The molecule has 1 aliphatic rings. The van der Waals surface area contributed by atoms with Crippen LogP contribution in [0.1, 0.15) is 54.0 Å². The lowest BCUT2D eigenvalue weighted by atomic mass is 10.1. The van der Waals surface area contributed by atoms with Gasteiger partial charge in [0, 0.05) is 17.3 Å². The number of nitrogens with one attached hydrogen (secondary N) is 1. The van der Waals surface area contributed by atoms with Crippen LogP contribution in [-0.4, -0.2) is 18.1 Å². The summed E-state index contributed by atoms with van der Waals surface area (Å²) in [7, 11) is 1.35. The number of carbonyl (C=O) groups is 1. The van der Waals surface area contributed by atoms with Crippen molar-refractivity contribution in [3.05, 3.63) is 51.7 Å². The third-order valence-electron chi connectivity index (χ3n) is 3.97. The van der Waals surface area contributed by atoms with E-state index in [9.17, 15) is 9.18 Å². The summed E-state index contributed by atoms with van der Waals surface area (Å²) in [4.78, 5) is 16.8. The Morgan fingerprint density at radius 2 is 2.09 bits per heavy atom. The second-order valence-corrected chi connectivity index (χ2v) is 6.67. The van der Waals surface area contributed by atoms with Crippen LogP contribution in [0.5, 0.6) is 0 Å². The van der Waals surface area contributed by atoms with Gasteiger partial charge in [0.25, 0.3) is 0 Å². The van der Waals surface area contributed by atoms with Crippen molar-refractivity contribution >= 4 is 17.3 Å². The van der Waals surface area contributed by atoms with Crippen molar-refractivity contribution in [1.29, 1.82) is 0 Å². The van der Waals surface area contributed by atoms with Gasteiger partial charge >= 0.3 is 5.97 Å². The van der Waals surface area contributed by atoms with Gasteiger partial charge in [0.1, 0.15) is 11.9 Å². The second-order valence-electron chi connectivity index (χ2n) is 5.78. The first kappa shape index (κ1) is 16.1. The molecule has 2 aromatic rings. The number of nitrogens with zero attached hydrogens (tertiary/aromatic N) is 1. The molecule has 1 heterocycles. The highest BCUT2D eigenvalue weighted by Gasteiger charge is 2.28. The zero-order valence-electron chi connectivity index (χ0n) is 13.1. The van der Waals surface area contributed by atoms with E-state index in [0.29, 0.717) is 11.5 Å². The van der Waals surface area contributed by atoms with Gasteiger partial charge in [-0.1, -0.05) is 12.1 Å². The summed E-state index contributed by atoms with van der Waals surface area (Å²) < 4.78 is 18.0. The number of esters is 1. The molecule has 2 unspecified atom stereocenters. The molecule has 3 rings (SSSR count). The lowest BCUT2D eigenvalue weighted by Gasteiger charge is -2.21. The van der Waals surface area contributed by atoms with Crippen molar-refractivity contribution < 1.29 is 13.9 Å². The van der Waals surface area contributed by atoms with Crippen LogP contribution in [0.3, 0.4) is 0 Å². The number of methoxy groups -OCH3 is 1. The SMILES string of the molecule is COC(=O)C(NC(C)c1csc(C2CC2)n1)c1ccc(F)cc1. The molecular weight excluding hydrogens is 315 g/mol. The van der Waals surface area contributed by atoms with Crippen LogP contribution in [0.15, 0.2) is 29.6 Å². The van der Waals surface area contributed by atoms with E-state index in [1.807, 2.05) is 12.3 Å². The van der Waals surface area contributed by atoms with Gasteiger partial charge in [-0.3, -0.25) is 5.32 Å². The van der Waals surface area contributed by atoms with Crippen molar-refractivity contribution in [2.75, 3.05) is 7.11 Å². The number of hydrogen-bond donors (Lipinski definition) is 1. The first-order valence-corrected chi connectivity index (χ1v) is 8.51.